The maximum atomic E-state index is 12.7. The molecular weight excluding hydrogens is 257 g/mol. The minimum Gasteiger partial charge on any atom is -0.380 e. The predicted octanol–water partition coefficient (Wildman–Crippen LogP) is 2.52. The number of nitrogens with zero attached hydrogens (tertiary/aromatic N) is 3. The second-order valence-electron chi connectivity index (χ2n) is 3.18. The second kappa shape index (κ2) is 3.92. The van der Waals surface area contributed by atoms with E-state index in [-0.39, 0.29) is 16.7 Å². The van der Waals surface area contributed by atoms with Crippen molar-refractivity contribution in [2.75, 3.05) is 5.73 Å². The number of nitrogens with two attached hydrogens (primary N) is 1. The van der Waals surface area contributed by atoms with Crippen molar-refractivity contribution in [3.63, 3.8) is 0 Å². The molecule has 0 unspecified atom stereocenters. The molecule has 2 N–H and O–H groups in total. The molecule has 8 heteroatoms. The molecule has 0 bridgehead atoms. The highest BCUT2D eigenvalue weighted by molar-refractivity contribution is 6.31. The minimum absolute atomic E-state index is 0.122. The highest BCUT2D eigenvalue weighted by Crippen LogP contribution is 2.33. The fourth-order valence-electron chi connectivity index (χ4n) is 1.30. The zero-order valence-corrected chi connectivity index (χ0v) is 9.00. The third-order valence-corrected chi connectivity index (χ3v) is 2.29. The van der Waals surface area contributed by atoms with Gasteiger partial charge in [0, 0.05) is 0 Å². The Balaban J connectivity index is 2.60. The normalized spacial score (nSPS) is 11.8. The summed E-state index contributed by atoms with van der Waals surface area (Å²) in [4.78, 5) is 0.764. The Morgan fingerprint density at radius 3 is 2.35 bits per heavy atom. The van der Waals surface area contributed by atoms with E-state index in [2.05, 4.69) is 10.2 Å². The van der Waals surface area contributed by atoms with E-state index in [1.165, 1.54) is 18.2 Å². The lowest BCUT2D eigenvalue weighted by molar-refractivity contribution is -0.137. The van der Waals surface area contributed by atoms with Crippen LogP contribution in [0.15, 0.2) is 24.3 Å². The first-order chi connectivity index (χ1) is 7.89. The second-order valence-corrected chi connectivity index (χ2v) is 3.54. The molecule has 0 saturated heterocycles. The number of alkyl halides is 3. The molecule has 1 aromatic carbocycles. The molecule has 0 spiro atoms. The summed E-state index contributed by atoms with van der Waals surface area (Å²) in [5.74, 6) is -0.122. The summed E-state index contributed by atoms with van der Waals surface area (Å²) < 4.78 is 38.1. The van der Waals surface area contributed by atoms with Gasteiger partial charge in [0.15, 0.2) is 11.0 Å². The monoisotopic (exact) mass is 262 g/mol. The van der Waals surface area contributed by atoms with Crippen LogP contribution >= 0.6 is 11.6 Å². The van der Waals surface area contributed by atoms with E-state index in [1.807, 2.05) is 0 Å². The lowest BCUT2D eigenvalue weighted by Crippen LogP contribution is -2.12. The summed E-state index contributed by atoms with van der Waals surface area (Å²) in [6, 6.07) is 4.89. The number of aromatic nitrogens is 3. The summed E-state index contributed by atoms with van der Waals surface area (Å²) in [7, 11) is 0. The molecule has 0 aliphatic rings. The van der Waals surface area contributed by atoms with E-state index in [0.717, 1.165) is 10.9 Å². The van der Waals surface area contributed by atoms with Crippen molar-refractivity contribution in [1.29, 1.82) is 0 Å². The van der Waals surface area contributed by atoms with Crippen LogP contribution in [0.2, 0.25) is 5.15 Å². The van der Waals surface area contributed by atoms with Crippen molar-refractivity contribution < 1.29 is 13.2 Å². The molecule has 17 heavy (non-hydrogen) atoms. The van der Waals surface area contributed by atoms with Crippen LogP contribution in [0, 0.1) is 0 Å². The van der Waals surface area contributed by atoms with Crippen molar-refractivity contribution in [3.8, 4) is 5.69 Å². The maximum absolute atomic E-state index is 12.7. The lowest BCUT2D eigenvalue weighted by atomic mass is 10.2. The van der Waals surface area contributed by atoms with Crippen LogP contribution in [-0.2, 0) is 6.18 Å². The fraction of sp³-hybridized carbons (Fsp3) is 0.111. The van der Waals surface area contributed by atoms with E-state index in [1.54, 1.807) is 0 Å². The SMILES string of the molecule is Nc1nn(-c2ccccc2C(F)(F)F)nc1Cl. The van der Waals surface area contributed by atoms with Crippen molar-refractivity contribution >= 4 is 17.4 Å². The van der Waals surface area contributed by atoms with Gasteiger partial charge >= 0.3 is 6.18 Å². The minimum atomic E-state index is -4.49. The zero-order valence-electron chi connectivity index (χ0n) is 8.24. The Bertz CT molecular complexity index is 530. The van der Waals surface area contributed by atoms with Gasteiger partial charge in [0.25, 0.3) is 0 Å². The van der Waals surface area contributed by atoms with Gasteiger partial charge < -0.3 is 5.73 Å². The first-order valence-corrected chi connectivity index (χ1v) is 4.82. The van der Waals surface area contributed by atoms with Crippen molar-refractivity contribution in [1.82, 2.24) is 15.0 Å². The topological polar surface area (TPSA) is 56.7 Å². The summed E-state index contributed by atoms with van der Waals surface area (Å²) in [5, 5.41) is 7.07. The van der Waals surface area contributed by atoms with E-state index >= 15 is 0 Å². The first-order valence-electron chi connectivity index (χ1n) is 4.44. The average molecular weight is 263 g/mol. The van der Waals surface area contributed by atoms with Crippen LogP contribution in [0.5, 0.6) is 0 Å². The molecule has 2 aromatic rings. The highest BCUT2D eigenvalue weighted by Gasteiger charge is 2.34. The number of benzene rings is 1. The molecule has 0 fully saturated rings. The molecule has 0 saturated carbocycles. The van der Waals surface area contributed by atoms with Gasteiger partial charge in [0.2, 0.25) is 0 Å². The van der Waals surface area contributed by atoms with Crippen molar-refractivity contribution in [2.24, 2.45) is 0 Å². The molecule has 0 radical (unpaired) electrons. The largest absolute Gasteiger partial charge is 0.418 e. The quantitative estimate of drug-likeness (QED) is 0.859. The Kier molecular flexibility index (Phi) is 2.70. The molecule has 0 amide bonds. The summed E-state index contributed by atoms with van der Waals surface area (Å²) in [6.07, 6.45) is -4.49. The van der Waals surface area contributed by atoms with Gasteiger partial charge in [-0.1, -0.05) is 23.7 Å². The Hall–Kier alpha value is -1.76. The molecule has 0 aliphatic heterocycles. The Morgan fingerprint density at radius 2 is 1.82 bits per heavy atom. The molecule has 4 nitrogen and oxygen atoms in total. The standard InChI is InChI=1S/C9H6ClF3N4/c10-7-8(14)16-17(15-7)6-4-2-1-3-5(6)9(11,12)13/h1-4H,(H2,14,16). The van der Waals surface area contributed by atoms with Gasteiger partial charge in [-0.15, -0.1) is 15.0 Å². The maximum Gasteiger partial charge on any atom is 0.418 e. The molecule has 0 aliphatic carbocycles. The third-order valence-electron chi connectivity index (χ3n) is 2.02. The van der Waals surface area contributed by atoms with Crippen molar-refractivity contribution in [2.45, 2.75) is 6.18 Å². The van der Waals surface area contributed by atoms with E-state index in [0.29, 0.717) is 0 Å². The first kappa shape index (κ1) is 11.7. The van der Waals surface area contributed by atoms with Crippen LogP contribution in [0.3, 0.4) is 0 Å². The van der Waals surface area contributed by atoms with Gasteiger partial charge in [0.1, 0.15) is 0 Å². The van der Waals surface area contributed by atoms with Gasteiger partial charge in [0.05, 0.1) is 11.3 Å². The predicted molar refractivity (Wildman–Crippen MR) is 55.8 cm³/mol. The van der Waals surface area contributed by atoms with Gasteiger partial charge in [-0.3, -0.25) is 0 Å². The van der Waals surface area contributed by atoms with Crippen molar-refractivity contribution in [3.05, 3.63) is 35.0 Å². The van der Waals surface area contributed by atoms with Crippen LogP contribution in [0.4, 0.5) is 19.0 Å². The van der Waals surface area contributed by atoms with Crippen LogP contribution in [0.25, 0.3) is 5.69 Å². The number of hydrogen-bond donors (Lipinski definition) is 1. The molecule has 1 heterocycles. The number of nitrogen functional groups attached to an aromatic ring is 1. The highest BCUT2D eigenvalue weighted by atomic mass is 35.5. The lowest BCUT2D eigenvalue weighted by Gasteiger charge is -2.10. The van der Waals surface area contributed by atoms with Gasteiger partial charge in [-0.2, -0.15) is 13.2 Å². The van der Waals surface area contributed by atoms with Gasteiger partial charge in [-0.05, 0) is 12.1 Å². The molecule has 90 valence electrons. The van der Waals surface area contributed by atoms with Gasteiger partial charge in [-0.25, -0.2) is 0 Å². The van der Waals surface area contributed by atoms with Crippen LogP contribution in [-0.4, -0.2) is 15.0 Å². The summed E-state index contributed by atoms with van der Waals surface area (Å²) >= 11 is 5.55. The van der Waals surface area contributed by atoms with E-state index in [9.17, 15) is 13.2 Å². The number of hydrogen-bond acceptors (Lipinski definition) is 3. The number of rotatable bonds is 1. The molecule has 1 aromatic heterocycles. The molecule has 0 atom stereocenters. The zero-order chi connectivity index (χ0) is 12.6. The number of halogens is 4. The smallest absolute Gasteiger partial charge is 0.380 e. The Morgan fingerprint density at radius 1 is 1.18 bits per heavy atom. The third kappa shape index (κ3) is 2.19. The summed E-state index contributed by atoms with van der Waals surface area (Å²) in [5.41, 5.74) is 4.25. The average Bonchev–Trinajstić information content (AvgIpc) is 2.58. The summed E-state index contributed by atoms with van der Waals surface area (Å²) in [6.45, 7) is 0. The number of anilines is 1. The molecular formula is C9H6ClF3N4. The van der Waals surface area contributed by atoms with E-state index < -0.39 is 11.7 Å². The number of para-hydroxylation sites is 1. The van der Waals surface area contributed by atoms with Crippen LogP contribution in [0.1, 0.15) is 5.56 Å². The van der Waals surface area contributed by atoms with E-state index in [4.69, 9.17) is 17.3 Å². The van der Waals surface area contributed by atoms with Crippen LogP contribution < -0.4 is 5.73 Å². The fourth-order valence-corrected chi connectivity index (χ4v) is 1.40. The molecule has 2 rings (SSSR count). The Labute approximate surface area is 98.8 Å².